The summed E-state index contributed by atoms with van der Waals surface area (Å²) >= 11 is 7.58. The summed E-state index contributed by atoms with van der Waals surface area (Å²) in [5.41, 5.74) is 0. The molecule has 0 bridgehead atoms. The first kappa shape index (κ1) is 26.1. The van der Waals surface area contributed by atoms with Crippen molar-refractivity contribution in [2.45, 2.75) is 31.6 Å². The van der Waals surface area contributed by atoms with Crippen molar-refractivity contribution in [3.05, 3.63) is 45.4 Å². The molecule has 0 saturated carbocycles. The summed E-state index contributed by atoms with van der Waals surface area (Å²) in [6.45, 7) is 6.03. The lowest BCUT2D eigenvalue weighted by atomic mass is 10.4. The molecule has 0 aliphatic rings. The maximum absolute atomic E-state index is 12.3. The van der Waals surface area contributed by atoms with Crippen LogP contribution >= 0.6 is 46.9 Å². The van der Waals surface area contributed by atoms with E-state index in [4.69, 9.17) is 11.6 Å². The van der Waals surface area contributed by atoms with E-state index in [0.29, 0.717) is 24.1 Å². The number of halogens is 2. The van der Waals surface area contributed by atoms with Crippen molar-refractivity contribution in [2.75, 3.05) is 26.2 Å². The number of rotatable bonds is 10. The molecule has 162 valence electrons. The average molecular weight is 572 g/mol. The molecule has 0 unspecified atom stereocenters. The molecule has 0 spiro atoms. The van der Waals surface area contributed by atoms with Gasteiger partial charge in [0, 0.05) is 42.2 Å². The Hall–Kier alpha value is -0.950. The van der Waals surface area contributed by atoms with Gasteiger partial charge in [-0.1, -0.05) is 24.6 Å². The molecule has 0 aliphatic heterocycles. The highest BCUT2D eigenvalue weighted by Crippen LogP contribution is 2.15. The molecule has 29 heavy (non-hydrogen) atoms. The molecular formula is C18H27ClIN5O2S2. The van der Waals surface area contributed by atoms with Gasteiger partial charge in [-0.2, -0.15) is 0 Å². The lowest BCUT2D eigenvalue weighted by Crippen LogP contribution is -2.39. The second-order valence-corrected chi connectivity index (χ2v) is 9.27. The molecule has 1 aromatic heterocycles. The molecule has 0 radical (unpaired) electrons. The summed E-state index contributed by atoms with van der Waals surface area (Å²) < 4.78 is 27.0. The van der Waals surface area contributed by atoms with Gasteiger partial charge < -0.3 is 10.6 Å². The van der Waals surface area contributed by atoms with Crippen LogP contribution in [0.25, 0.3) is 0 Å². The molecule has 0 atom stereocenters. The van der Waals surface area contributed by atoms with Gasteiger partial charge in [-0.25, -0.2) is 18.1 Å². The fourth-order valence-corrected chi connectivity index (χ4v) is 4.51. The van der Waals surface area contributed by atoms with E-state index < -0.39 is 10.0 Å². The third-order valence-electron chi connectivity index (χ3n) is 3.71. The third-order valence-corrected chi connectivity index (χ3v) is 6.60. The number of nitrogens with zero attached hydrogens (tertiary/aromatic N) is 2. The van der Waals surface area contributed by atoms with Crippen LogP contribution in [0.5, 0.6) is 0 Å². The summed E-state index contributed by atoms with van der Waals surface area (Å²) in [6, 6.07) is 6.16. The number of sulfonamides is 1. The van der Waals surface area contributed by atoms with Gasteiger partial charge in [0.2, 0.25) is 10.0 Å². The maximum Gasteiger partial charge on any atom is 0.240 e. The van der Waals surface area contributed by atoms with Crippen molar-refractivity contribution in [3.63, 3.8) is 0 Å². The highest BCUT2D eigenvalue weighted by molar-refractivity contribution is 14.0. The number of aromatic nitrogens is 1. The fraction of sp³-hybridized carbons (Fsp3) is 0.444. The van der Waals surface area contributed by atoms with E-state index in [1.807, 2.05) is 13.1 Å². The van der Waals surface area contributed by atoms with Gasteiger partial charge in [-0.05, 0) is 31.5 Å². The van der Waals surface area contributed by atoms with Crippen LogP contribution in [0.15, 0.2) is 40.4 Å². The first-order valence-corrected chi connectivity index (χ1v) is 11.8. The number of nitrogens with one attached hydrogen (secondary N) is 3. The number of aryl methyl sites for hydroxylation is 1. The Bertz CT molecular complexity index is 890. The highest BCUT2D eigenvalue weighted by Gasteiger charge is 2.13. The Labute approximate surface area is 198 Å². The molecule has 1 heterocycles. The number of aliphatic imine (C=N–C) groups is 1. The average Bonchev–Trinajstić information content (AvgIpc) is 3.13. The number of hydrogen-bond acceptors (Lipinski definition) is 5. The van der Waals surface area contributed by atoms with Crippen molar-refractivity contribution in [3.8, 4) is 0 Å². The lowest BCUT2D eigenvalue weighted by molar-refractivity contribution is 0.582. The third kappa shape index (κ3) is 9.16. The number of hydrogen-bond donors (Lipinski definition) is 3. The molecule has 1 aromatic carbocycles. The summed E-state index contributed by atoms with van der Waals surface area (Å²) in [4.78, 5) is 10.2. The van der Waals surface area contributed by atoms with Crippen molar-refractivity contribution in [1.29, 1.82) is 0 Å². The van der Waals surface area contributed by atoms with Crippen molar-refractivity contribution in [1.82, 2.24) is 20.3 Å². The lowest BCUT2D eigenvalue weighted by Gasteiger charge is -2.11. The summed E-state index contributed by atoms with van der Waals surface area (Å²) in [5, 5.41) is 7.87. The standard InChI is InChI=1S/C18H26ClN5O2S2.HI/c1-3-15-13-23-17(27-15)8-9-21-18(20-4-2)22-10-11-24-28(25,26)16-7-5-6-14(19)12-16;/h5-7,12-13,24H,3-4,8-11H2,1-2H3,(H2,20,21,22);1H. The second kappa shape index (κ2) is 13.4. The minimum Gasteiger partial charge on any atom is -0.357 e. The van der Waals surface area contributed by atoms with Crippen molar-refractivity contribution >= 4 is 62.9 Å². The maximum atomic E-state index is 12.3. The largest absolute Gasteiger partial charge is 0.357 e. The Balaban J connectivity index is 0.00000420. The molecule has 2 rings (SSSR count). The first-order chi connectivity index (χ1) is 13.4. The molecule has 0 amide bonds. The minimum atomic E-state index is -3.60. The predicted molar refractivity (Wildman–Crippen MR) is 131 cm³/mol. The second-order valence-electron chi connectivity index (χ2n) is 5.87. The summed E-state index contributed by atoms with van der Waals surface area (Å²) in [5.74, 6) is 0.650. The zero-order valence-electron chi connectivity index (χ0n) is 16.4. The topological polar surface area (TPSA) is 95.5 Å². The monoisotopic (exact) mass is 571 g/mol. The van der Waals surface area contributed by atoms with E-state index in [9.17, 15) is 8.42 Å². The van der Waals surface area contributed by atoms with Gasteiger partial charge in [0.1, 0.15) is 0 Å². The van der Waals surface area contributed by atoms with Crippen LogP contribution < -0.4 is 15.4 Å². The Kier molecular flexibility index (Phi) is 12.0. The molecule has 11 heteroatoms. The SMILES string of the molecule is CCNC(=NCCNS(=O)(=O)c1cccc(Cl)c1)NCCc1ncc(CC)s1.I. The zero-order valence-corrected chi connectivity index (χ0v) is 21.2. The van der Waals surface area contributed by atoms with Crippen LogP contribution in [-0.4, -0.2) is 45.5 Å². The first-order valence-electron chi connectivity index (χ1n) is 9.15. The van der Waals surface area contributed by atoms with Crippen LogP contribution in [-0.2, 0) is 22.9 Å². The predicted octanol–water partition coefficient (Wildman–Crippen LogP) is 3.05. The van der Waals surface area contributed by atoms with Gasteiger partial charge >= 0.3 is 0 Å². The fourth-order valence-electron chi connectivity index (χ4n) is 2.32. The van der Waals surface area contributed by atoms with Gasteiger partial charge in [-0.15, -0.1) is 35.3 Å². The normalized spacial score (nSPS) is 11.8. The van der Waals surface area contributed by atoms with E-state index in [2.05, 4.69) is 32.3 Å². The van der Waals surface area contributed by atoms with E-state index in [1.54, 1.807) is 23.5 Å². The zero-order chi connectivity index (χ0) is 20.4. The van der Waals surface area contributed by atoms with Gasteiger partial charge in [-0.3, -0.25) is 4.99 Å². The van der Waals surface area contributed by atoms with Crippen LogP contribution in [0.3, 0.4) is 0 Å². The summed E-state index contributed by atoms with van der Waals surface area (Å²) in [6.07, 6.45) is 3.74. The van der Waals surface area contributed by atoms with Crippen LogP contribution in [0, 0.1) is 0 Å². The molecule has 0 fully saturated rings. The molecule has 7 nitrogen and oxygen atoms in total. The summed E-state index contributed by atoms with van der Waals surface area (Å²) in [7, 11) is -3.60. The van der Waals surface area contributed by atoms with Crippen LogP contribution in [0.4, 0.5) is 0 Å². The van der Waals surface area contributed by atoms with Crippen LogP contribution in [0.2, 0.25) is 5.02 Å². The number of benzene rings is 1. The Morgan fingerprint density at radius 2 is 2.03 bits per heavy atom. The van der Waals surface area contributed by atoms with E-state index >= 15 is 0 Å². The number of guanidine groups is 1. The van der Waals surface area contributed by atoms with Gasteiger partial charge in [0.15, 0.2) is 5.96 Å². The van der Waals surface area contributed by atoms with Crippen molar-refractivity contribution < 1.29 is 8.42 Å². The smallest absolute Gasteiger partial charge is 0.240 e. The Morgan fingerprint density at radius 3 is 2.69 bits per heavy atom. The quantitative estimate of drug-likeness (QED) is 0.176. The van der Waals surface area contributed by atoms with Gasteiger partial charge in [0.25, 0.3) is 0 Å². The highest BCUT2D eigenvalue weighted by atomic mass is 127. The van der Waals surface area contributed by atoms with Crippen molar-refractivity contribution in [2.24, 2.45) is 4.99 Å². The molecular weight excluding hydrogens is 545 g/mol. The molecule has 0 aliphatic carbocycles. The van der Waals surface area contributed by atoms with E-state index in [1.165, 1.54) is 17.0 Å². The van der Waals surface area contributed by atoms with Crippen LogP contribution in [0.1, 0.15) is 23.7 Å². The van der Waals surface area contributed by atoms with E-state index in [0.717, 1.165) is 24.4 Å². The Morgan fingerprint density at radius 1 is 1.24 bits per heavy atom. The van der Waals surface area contributed by atoms with E-state index in [-0.39, 0.29) is 35.4 Å². The van der Waals surface area contributed by atoms with Gasteiger partial charge in [0.05, 0.1) is 16.4 Å². The molecule has 3 N–H and O–H groups in total. The molecule has 2 aromatic rings. The minimum absolute atomic E-state index is 0. The molecule has 0 saturated heterocycles. The number of thiazole rings is 1.